The maximum atomic E-state index is 13.2. The van der Waals surface area contributed by atoms with Crippen LogP contribution in [0.5, 0.6) is 0 Å². The molecular weight excluding hydrogens is 456 g/mol. The summed E-state index contributed by atoms with van der Waals surface area (Å²) in [5.74, 6) is 0.925. The molecule has 0 amide bonds. The summed E-state index contributed by atoms with van der Waals surface area (Å²) in [7, 11) is -3.49. The largest absolute Gasteiger partial charge is 0.368 e. The number of sulfonamides is 1. The lowest BCUT2D eigenvalue weighted by atomic mass is 10.1. The van der Waals surface area contributed by atoms with Crippen molar-refractivity contribution in [1.82, 2.24) is 9.29 Å². The van der Waals surface area contributed by atoms with Crippen LogP contribution in [0.15, 0.2) is 59.5 Å². The molecule has 174 valence electrons. The monoisotopic (exact) mass is 484 g/mol. The SMILES string of the molecule is C[C@H]1CCCCN1S(=O)(=O)c1ccc2nc(N3CCN(c4cccc(Cl)c4)CC3)ccc2c1. The van der Waals surface area contributed by atoms with Gasteiger partial charge in [-0.2, -0.15) is 4.31 Å². The fourth-order valence-corrected chi connectivity index (χ4v) is 6.78. The van der Waals surface area contributed by atoms with Crippen LogP contribution >= 0.6 is 11.6 Å². The van der Waals surface area contributed by atoms with Crippen molar-refractivity contribution in [3.8, 4) is 0 Å². The molecule has 0 bridgehead atoms. The molecular formula is C25H29ClN4O2S. The lowest BCUT2D eigenvalue weighted by Crippen LogP contribution is -2.46. The Labute approximate surface area is 200 Å². The Kier molecular flexibility index (Phi) is 6.20. The van der Waals surface area contributed by atoms with E-state index in [2.05, 4.69) is 15.9 Å². The molecule has 33 heavy (non-hydrogen) atoms. The van der Waals surface area contributed by atoms with Gasteiger partial charge in [0.15, 0.2) is 0 Å². The number of fused-ring (bicyclic) bond motifs is 1. The molecule has 6 nitrogen and oxygen atoms in total. The third kappa shape index (κ3) is 4.54. The molecule has 1 atom stereocenters. The van der Waals surface area contributed by atoms with Crippen LogP contribution < -0.4 is 9.80 Å². The Morgan fingerprint density at radius 2 is 1.70 bits per heavy atom. The molecule has 3 heterocycles. The molecule has 2 aliphatic heterocycles. The van der Waals surface area contributed by atoms with Gasteiger partial charge in [-0.05, 0) is 68.3 Å². The van der Waals surface area contributed by atoms with Gasteiger partial charge in [-0.1, -0.05) is 24.1 Å². The fraction of sp³-hybridized carbons (Fsp3) is 0.400. The predicted octanol–water partition coefficient (Wildman–Crippen LogP) is 4.78. The van der Waals surface area contributed by atoms with Gasteiger partial charge in [-0.15, -0.1) is 0 Å². The number of nitrogens with zero attached hydrogens (tertiary/aromatic N) is 4. The number of hydrogen-bond acceptors (Lipinski definition) is 5. The topological polar surface area (TPSA) is 56.8 Å². The Morgan fingerprint density at radius 3 is 2.45 bits per heavy atom. The van der Waals surface area contributed by atoms with Crippen LogP contribution in [-0.2, 0) is 10.0 Å². The summed E-state index contributed by atoms with van der Waals surface area (Å²) in [6.45, 7) is 6.11. The summed E-state index contributed by atoms with van der Waals surface area (Å²) in [5.41, 5.74) is 1.96. The van der Waals surface area contributed by atoms with E-state index in [1.807, 2.05) is 43.3 Å². The predicted molar refractivity (Wildman–Crippen MR) is 135 cm³/mol. The van der Waals surface area contributed by atoms with Crippen molar-refractivity contribution < 1.29 is 8.42 Å². The minimum Gasteiger partial charge on any atom is -0.368 e. The number of piperazine rings is 1. The molecule has 0 aliphatic carbocycles. The van der Waals surface area contributed by atoms with E-state index < -0.39 is 10.0 Å². The van der Waals surface area contributed by atoms with Crippen molar-refractivity contribution in [2.45, 2.75) is 37.1 Å². The minimum atomic E-state index is -3.49. The van der Waals surface area contributed by atoms with Crippen LogP contribution in [0.1, 0.15) is 26.2 Å². The molecule has 0 unspecified atom stereocenters. The van der Waals surface area contributed by atoms with Gasteiger partial charge in [0.05, 0.1) is 10.4 Å². The Hall–Kier alpha value is -2.35. The summed E-state index contributed by atoms with van der Waals surface area (Å²) in [6, 6.07) is 17.3. The van der Waals surface area contributed by atoms with Crippen LogP contribution in [-0.4, -0.2) is 56.5 Å². The molecule has 2 fully saturated rings. The third-order valence-corrected chi connectivity index (χ3v) is 9.02. The van der Waals surface area contributed by atoms with Gasteiger partial charge >= 0.3 is 0 Å². The van der Waals surface area contributed by atoms with Crippen molar-refractivity contribution in [3.63, 3.8) is 0 Å². The molecule has 0 N–H and O–H groups in total. The average molecular weight is 485 g/mol. The maximum Gasteiger partial charge on any atom is 0.243 e. The highest BCUT2D eigenvalue weighted by molar-refractivity contribution is 7.89. The molecule has 0 saturated carbocycles. The van der Waals surface area contributed by atoms with E-state index in [4.69, 9.17) is 16.6 Å². The number of piperidine rings is 1. The number of hydrogen-bond donors (Lipinski definition) is 0. The zero-order valence-corrected chi connectivity index (χ0v) is 20.4. The zero-order valence-electron chi connectivity index (χ0n) is 18.8. The van der Waals surface area contributed by atoms with Gasteiger partial charge in [0.2, 0.25) is 10.0 Å². The van der Waals surface area contributed by atoms with Gasteiger partial charge in [0.25, 0.3) is 0 Å². The molecule has 2 saturated heterocycles. The van der Waals surface area contributed by atoms with E-state index in [0.29, 0.717) is 11.4 Å². The Balaban J connectivity index is 1.32. The van der Waals surface area contributed by atoms with Crippen LogP contribution in [0.25, 0.3) is 10.9 Å². The van der Waals surface area contributed by atoms with Gasteiger partial charge in [0, 0.05) is 54.9 Å². The highest BCUT2D eigenvalue weighted by Crippen LogP contribution is 2.28. The van der Waals surface area contributed by atoms with Crippen LogP contribution in [0.3, 0.4) is 0 Å². The van der Waals surface area contributed by atoms with Crippen molar-refractivity contribution in [3.05, 3.63) is 59.6 Å². The number of halogens is 1. The maximum absolute atomic E-state index is 13.2. The number of pyridine rings is 1. The second kappa shape index (κ2) is 9.12. The Morgan fingerprint density at radius 1 is 0.909 bits per heavy atom. The second-order valence-corrected chi connectivity index (χ2v) is 11.3. The van der Waals surface area contributed by atoms with Crippen LogP contribution in [0.2, 0.25) is 5.02 Å². The van der Waals surface area contributed by atoms with E-state index in [9.17, 15) is 8.42 Å². The first kappa shape index (κ1) is 22.4. The molecule has 5 rings (SSSR count). The second-order valence-electron chi connectivity index (χ2n) is 8.94. The molecule has 2 aromatic carbocycles. The third-order valence-electron chi connectivity index (χ3n) is 6.77. The lowest BCUT2D eigenvalue weighted by molar-refractivity contribution is 0.268. The zero-order chi connectivity index (χ0) is 23.0. The normalized spacial score (nSPS) is 20.4. The van der Waals surface area contributed by atoms with E-state index >= 15 is 0 Å². The summed E-state index contributed by atoms with van der Waals surface area (Å²) in [6.07, 6.45) is 2.93. The molecule has 1 aromatic heterocycles. The van der Waals surface area contributed by atoms with Crippen LogP contribution in [0.4, 0.5) is 11.5 Å². The molecule has 8 heteroatoms. The number of rotatable bonds is 4. The fourth-order valence-electron chi connectivity index (χ4n) is 4.86. The number of anilines is 2. The Bertz CT molecular complexity index is 1260. The highest BCUT2D eigenvalue weighted by Gasteiger charge is 2.31. The first-order valence-corrected chi connectivity index (χ1v) is 13.4. The summed E-state index contributed by atoms with van der Waals surface area (Å²) in [4.78, 5) is 9.81. The van der Waals surface area contributed by atoms with Crippen molar-refractivity contribution in [2.24, 2.45) is 0 Å². The smallest absolute Gasteiger partial charge is 0.243 e. The molecule has 0 radical (unpaired) electrons. The summed E-state index contributed by atoms with van der Waals surface area (Å²) >= 11 is 6.15. The minimum absolute atomic E-state index is 0.0468. The van der Waals surface area contributed by atoms with E-state index in [-0.39, 0.29) is 6.04 Å². The standard InChI is InChI=1S/C25H29ClN4O2S/c1-19-5-2-3-12-30(19)33(31,32)23-9-10-24-20(17-23)8-11-25(27-24)29-15-13-28(14-16-29)22-7-4-6-21(26)18-22/h4,6-11,17-19H,2-3,5,12-16H2,1H3/t19-/m0/s1. The van der Waals surface area contributed by atoms with E-state index in [0.717, 1.165) is 72.9 Å². The summed E-state index contributed by atoms with van der Waals surface area (Å²) < 4.78 is 28.1. The van der Waals surface area contributed by atoms with Gasteiger partial charge in [-0.25, -0.2) is 13.4 Å². The highest BCUT2D eigenvalue weighted by atomic mass is 35.5. The first-order chi connectivity index (χ1) is 15.9. The van der Waals surface area contributed by atoms with Crippen LogP contribution in [0, 0.1) is 0 Å². The summed E-state index contributed by atoms with van der Waals surface area (Å²) in [5, 5.41) is 1.60. The van der Waals surface area contributed by atoms with E-state index in [1.165, 1.54) is 0 Å². The molecule has 3 aromatic rings. The van der Waals surface area contributed by atoms with Gasteiger partial charge in [0.1, 0.15) is 5.82 Å². The van der Waals surface area contributed by atoms with Crippen molar-refractivity contribution in [2.75, 3.05) is 42.5 Å². The first-order valence-electron chi connectivity index (χ1n) is 11.6. The van der Waals surface area contributed by atoms with Crippen molar-refractivity contribution >= 4 is 44.0 Å². The quantitative estimate of drug-likeness (QED) is 0.533. The van der Waals surface area contributed by atoms with Gasteiger partial charge < -0.3 is 9.80 Å². The van der Waals surface area contributed by atoms with Gasteiger partial charge in [-0.3, -0.25) is 0 Å². The lowest BCUT2D eigenvalue weighted by Gasteiger charge is -2.36. The number of aromatic nitrogens is 1. The molecule has 2 aliphatic rings. The van der Waals surface area contributed by atoms with E-state index in [1.54, 1.807) is 16.4 Å². The average Bonchev–Trinajstić information content (AvgIpc) is 2.83. The number of benzene rings is 2. The molecule has 0 spiro atoms. The van der Waals surface area contributed by atoms with Crippen molar-refractivity contribution in [1.29, 1.82) is 0 Å².